The van der Waals surface area contributed by atoms with Crippen molar-refractivity contribution < 1.29 is 19.0 Å². The van der Waals surface area contributed by atoms with E-state index in [-0.39, 0.29) is 15.1 Å². The van der Waals surface area contributed by atoms with Gasteiger partial charge in [0.15, 0.2) is 0 Å². The zero-order valence-electron chi connectivity index (χ0n) is 7.92. The van der Waals surface area contributed by atoms with Crippen molar-refractivity contribution in [2.45, 2.75) is 12.0 Å². The van der Waals surface area contributed by atoms with Crippen LogP contribution in [-0.2, 0) is 0 Å². The lowest BCUT2D eigenvalue weighted by Crippen LogP contribution is -2.36. The normalized spacial score (nSPS) is 13.9. The molecule has 7 heteroatoms. The quantitative estimate of drug-likeness (QED) is 0.802. The number of phenols is 1. The van der Waals surface area contributed by atoms with E-state index in [1.165, 1.54) is 12.1 Å². The van der Waals surface area contributed by atoms with Gasteiger partial charge in [0, 0.05) is 5.56 Å². The Morgan fingerprint density at radius 1 is 1.50 bits per heavy atom. The molecule has 0 aromatic heterocycles. The summed E-state index contributed by atoms with van der Waals surface area (Å²) in [5.41, 5.74) is 5.08. The van der Waals surface area contributed by atoms with Crippen molar-refractivity contribution in [1.82, 2.24) is 0 Å². The molecular formula is C9H9BrClF2NO2. The summed E-state index contributed by atoms with van der Waals surface area (Å²) in [4.78, 5) is 0. The summed E-state index contributed by atoms with van der Waals surface area (Å²) < 4.78 is 26.3. The fourth-order valence-corrected chi connectivity index (χ4v) is 1.65. The molecule has 16 heavy (non-hydrogen) atoms. The lowest BCUT2D eigenvalue weighted by Gasteiger charge is -2.22. The number of aliphatic hydroxyl groups excluding tert-OH is 1. The van der Waals surface area contributed by atoms with Gasteiger partial charge in [0.2, 0.25) is 0 Å². The van der Waals surface area contributed by atoms with Crippen molar-refractivity contribution in [3.8, 4) is 5.75 Å². The van der Waals surface area contributed by atoms with E-state index < -0.39 is 24.3 Å². The maximum Gasteiger partial charge on any atom is 0.289 e. The third kappa shape index (κ3) is 2.45. The third-order valence-corrected chi connectivity index (χ3v) is 3.45. The van der Waals surface area contributed by atoms with E-state index in [0.29, 0.717) is 0 Å². The molecule has 90 valence electrons. The van der Waals surface area contributed by atoms with Gasteiger partial charge in [-0.05, 0) is 22.0 Å². The van der Waals surface area contributed by atoms with E-state index in [9.17, 15) is 13.9 Å². The SMILES string of the molecule is N[C@H](c1ccc(Cl)c(Br)c1O)C(F)(F)CO. The Hall–Kier alpha value is -0.430. The van der Waals surface area contributed by atoms with Crippen molar-refractivity contribution in [2.24, 2.45) is 5.73 Å². The van der Waals surface area contributed by atoms with Crippen LogP contribution in [0.2, 0.25) is 5.02 Å². The molecule has 0 aliphatic rings. The number of alkyl halides is 2. The van der Waals surface area contributed by atoms with Gasteiger partial charge in [-0.15, -0.1) is 0 Å². The van der Waals surface area contributed by atoms with Crippen LogP contribution in [0.5, 0.6) is 5.75 Å². The first-order chi connectivity index (χ1) is 7.31. The predicted molar refractivity (Wildman–Crippen MR) is 59.8 cm³/mol. The zero-order valence-corrected chi connectivity index (χ0v) is 10.3. The average Bonchev–Trinajstić information content (AvgIpc) is 2.25. The van der Waals surface area contributed by atoms with Crippen LogP contribution in [0.25, 0.3) is 0 Å². The van der Waals surface area contributed by atoms with E-state index >= 15 is 0 Å². The Morgan fingerprint density at radius 3 is 2.56 bits per heavy atom. The molecule has 4 N–H and O–H groups in total. The minimum atomic E-state index is -3.51. The van der Waals surface area contributed by atoms with Crippen LogP contribution in [-0.4, -0.2) is 22.7 Å². The Kier molecular flexibility index (Phi) is 4.12. The van der Waals surface area contributed by atoms with Gasteiger partial charge in [-0.25, -0.2) is 8.78 Å². The Morgan fingerprint density at radius 2 is 2.06 bits per heavy atom. The molecule has 0 aliphatic heterocycles. The largest absolute Gasteiger partial charge is 0.506 e. The Labute approximate surface area is 104 Å². The fraction of sp³-hybridized carbons (Fsp3) is 0.333. The van der Waals surface area contributed by atoms with E-state index in [1.54, 1.807) is 0 Å². The van der Waals surface area contributed by atoms with E-state index in [2.05, 4.69) is 15.9 Å². The molecule has 3 nitrogen and oxygen atoms in total. The lowest BCUT2D eigenvalue weighted by molar-refractivity contribution is -0.0716. The first-order valence-electron chi connectivity index (χ1n) is 4.22. The molecule has 0 unspecified atom stereocenters. The van der Waals surface area contributed by atoms with Gasteiger partial charge in [0.25, 0.3) is 5.92 Å². The van der Waals surface area contributed by atoms with Gasteiger partial charge in [-0.3, -0.25) is 0 Å². The smallest absolute Gasteiger partial charge is 0.289 e. The van der Waals surface area contributed by atoms with Crippen molar-refractivity contribution in [3.63, 3.8) is 0 Å². The van der Waals surface area contributed by atoms with Crippen LogP contribution in [0.15, 0.2) is 16.6 Å². The van der Waals surface area contributed by atoms with Gasteiger partial charge < -0.3 is 15.9 Å². The molecule has 0 amide bonds. The van der Waals surface area contributed by atoms with Gasteiger partial charge in [-0.2, -0.15) is 0 Å². The molecular weight excluding hydrogens is 307 g/mol. The highest BCUT2D eigenvalue weighted by atomic mass is 79.9. The maximum atomic E-state index is 13.1. The number of halogens is 4. The maximum absolute atomic E-state index is 13.1. The molecule has 0 saturated heterocycles. The molecule has 0 heterocycles. The first-order valence-corrected chi connectivity index (χ1v) is 5.39. The Balaban J connectivity index is 3.20. The van der Waals surface area contributed by atoms with E-state index in [4.69, 9.17) is 22.4 Å². The second-order valence-corrected chi connectivity index (χ2v) is 4.40. The number of nitrogens with two attached hydrogens (primary N) is 1. The topological polar surface area (TPSA) is 66.5 Å². The van der Waals surface area contributed by atoms with Gasteiger partial charge in [0.05, 0.1) is 9.50 Å². The van der Waals surface area contributed by atoms with Crippen LogP contribution in [0.4, 0.5) is 8.78 Å². The molecule has 1 aromatic carbocycles. The molecule has 1 rings (SSSR count). The first kappa shape index (κ1) is 13.6. The highest BCUT2D eigenvalue weighted by molar-refractivity contribution is 9.10. The zero-order chi connectivity index (χ0) is 12.5. The van der Waals surface area contributed by atoms with Crippen LogP contribution in [0, 0.1) is 0 Å². The van der Waals surface area contributed by atoms with Gasteiger partial charge in [-0.1, -0.05) is 17.7 Å². The monoisotopic (exact) mass is 315 g/mol. The highest BCUT2D eigenvalue weighted by Crippen LogP contribution is 2.40. The predicted octanol–water partition coefficient (Wildman–Crippen LogP) is 2.44. The van der Waals surface area contributed by atoms with Gasteiger partial charge >= 0.3 is 0 Å². The number of aromatic hydroxyl groups is 1. The van der Waals surface area contributed by atoms with Crippen molar-refractivity contribution in [1.29, 1.82) is 0 Å². The summed E-state index contributed by atoms with van der Waals surface area (Å²) in [5.74, 6) is -3.96. The third-order valence-electron chi connectivity index (χ3n) is 2.10. The average molecular weight is 317 g/mol. The lowest BCUT2D eigenvalue weighted by atomic mass is 10.0. The summed E-state index contributed by atoms with van der Waals surface area (Å²) in [6, 6.07) is 0.719. The molecule has 1 atom stereocenters. The van der Waals surface area contributed by atoms with E-state index in [1.807, 2.05) is 0 Å². The minimum Gasteiger partial charge on any atom is -0.506 e. The summed E-state index contributed by atoms with van der Waals surface area (Å²) in [6.07, 6.45) is 0. The number of phenolic OH excluding ortho intramolecular Hbond substituents is 1. The molecule has 0 bridgehead atoms. The van der Waals surface area contributed by atoms with Crippen LogP contribution < -0.4 is 5.73 Å². The van der Waals surface area contributed by atoms with Crippen LogP contribution >= 0.6 is 27.5 Å². The number of hydrogen-bond donors (Lipinski definition) is 3. The van der Waals surface area contributed by atoms with Crippen LogP contribution in [0.1, 0.15) is 11.6 Å². The van der Waals surface area contributed by atoms with Crippen molar-refractivity contribution in [3.05, 3.63) is 27.2 Å². The number of aliphatic hydroxyl groups is 1. The molecule has 1 aromatic rings. The number of hydrogen-bond acceptors (Lipinski definition) is 3. The fourth-order valence-electron chi connectivity index (χ4n) is 1.13. The van der Waals surface area contributed by atoms with Gasteiger partial charge in [0.1, 0.15) is 18.4 Å². The Bertz CT molecular complexity index is 403. The molecule has 0 fully saturated rings. The van der Waals surface area contributed by atoms with Crippen molar-refractivity contribution in [2.75, 3.05) is 6.61 Å². The second kappa shape index (κ2) is 4.83. The molecule has 0 aliphatic carbocycles. The summed E-state index contributed by atoms with van der Waals surface area (Å²) in [7, 11) is 0. The number of benzene rings is 1. The second-order valence-electron chi connectivity index (χ2n) is 3.20. The molecule has 0 saturated carbocycles. The highest BCUT2D eigenvalue weighted by Gasteiger charge is 2.39. The van der Waals surface area contributed by atoms with Crippen LogP contribution in [0.3, 0.4) is 0 Å². The number of rotatable bonds is 3. The minimum absolute atomic E-state index is 0.0934. The standard InChI is InChI=1S/C9H9BrClF2NO2/c10-6-5(11)2-1-4(7(6)16)8(14)9(12,13)3-15/h1-2,8,15-16H,3,14H2/t8-/m1/s1. The molecule has 0 radical (unpaired) electrons. The van der Waals surface area contributed by atoms with E-state index in [0.717, 1.165) is 0 Å². The summed E-state index contributed by atoms with van der Waals surface area (Å²) >= 11 is 8.60. The summed E-state index contributed by atoms with van der Waals surface area (Å²) in [5, 5.41) is 18.3. The molecule has 0 spiro atoms. The summed E-state index contributed by atoms with van der Waals surface area (Å²) in [6.45, 7) is -1.39. The van der Waals surface area contributed by atoms with Crippen molar-refractivity contribution >= 4 is 27.5 Å².